The number of aliphatic hydroxyl groups is 1. The summed E-state index contributed by atoms with van der Waals surface area (Å²) in [6, 6.07) is 0. The molecule has 0 aliphatic carbocycles. The number of rotatable bonds is 5. The van der Waals surface area contributed by atoms with Crippen LogP contribution in [0.25, 0.3) is 0 Å². The first-order chi connectivity index (χ1) is 12.1. The topological polar surface area (TPSA) is 65.0 Å². The van der Waals surface area contributed by atoms with E-state index in [0.29, 0.717) is 50.5 Å². The fraction of sp³-hybridized carbons (Fsp3) is 0.765. The van der Waals surface area contributed by atoms with E-state index in [2.05, 4.69) is 33.9 Å². The van der Waals surface area contributed by atoms with Crippen molar-refractivity contribution in [1.82, 2.24) is 14.9 Å². The molecule has 2 fully saturated rings. The highest BCUT2D eigenvalue weighted by Gasteiger charge is 2.29. The molecule has 1 aromatic rings. The maximum Gasteiger partial charge on any atom is 0.227 e. The van der Waals surface area contributed by atoms with Gasteiger partial charge in [-0.3, -0.25) is 0 Å². The third kappa shape index (κ3) is 4.56. The number of halogens is 1. The molecule has 1 aromatic heterocycles. The molecule has 140 valence electrons. The van der Waals surface area contributed by atoms with Gasteiger partial charge in [0.2, 0.25) is 5.95 Å². The molecule has 0 unspecified atom stereocenters. The van der Waals surface area contributed by atoms with E-state index in [1.165, 1.54) is 6.20 Å². The van der Waals surface area contributed by atoms with E-state index in [0.717, 1.165) is 19.5 Å². The Morgan fingerprint density at radius 1 is 1.24 bits per heavy atom. The van der Waals surface area contributed by atoms with Gasteiger partial charge in [-0.2, -0.15) is 4.98 Å². The van der Waals surface area contributed by atoms with Crippen LogP contribution in [0.3, 0.4) is 0 Å². The summed E-state index contributed by atoms with van der Waals surface area (Å²) in [5.74, 6) is 1.13. The molecule has 2 aliphatic heterocycles. The molecule has 2 saturated heterocycles. The van der Waals surface area contributed by atoms with Gasteiger partial charge in [0.05, 0.1) is 19.4 Å². The van der Waals surface area contributed by atoms with Crippen molar-refractivity contribution in [2.24, 2.45) is 11.8 Å². The molecular weight excluding hydrogens is 325 g/mol. The van der Waals surface area contributed by atoms with E-state index in [4.69, 9.17) is 4.74 Å². The largest absolute Gasteiger partial charge is 0.396 e. The number of hydrogen-bond acceptors (Lipinski definition) is 7. The fourth-order valence-electron chi connectivity index (χ4n) is 3.76. The van der Waals surface area contributed by atoms with Gasteiger partial charge in [0.25, 0.3) is 0 Å². The second kappa shape index (κ2) is 8.25. The van der Waals surface area contributed by atoms with Crippen LogP contribution in [-0.2, 0) is 4.74 Å². The van der Waals surface area contributed by atoms with Crippen molar-refractivity contribution in [3.63, 3.8) is 0 Å². The molecular formula is C17H28FN5O2. The molecule has 0 aromatic carbocycles. The lowest BCUT2D eigenvalue weighted by atomic mass is 9.89. The van der Waals surface area contributed by atoms with Crippen molar-refractivity contribution < 1.29 is 14.2 Å². The molecule has 0 amide bonds. The molecule has 3 rings (SSSR count). The molecule has 2 aliphatic rings. The maximum atomic E-state index is 14.2. The minimum Gasteiger partial charge on any atom is -0.396 e. The lowest BCUT2D eigenvalue weighted by Crippen LogP contribution is -2.45. The fourth-order valence-corrected chi connectivity index (χ4v) is 3.76. The molecule has 25 heavy (non-hydrogen) atoms. The third-order valence-electron chi connectivity index (χ3n) is 4.81. The number of anilines is 2. The Bertz CT molecular complexity index is 568. The van der Waals surface area contributed by atoms with Gasteiger partial charge >= 0.3 is 0 Å². The lowest BCUT2D eigenvalue weighted by Gasteiger charge is -2.38. The monoisotopic (exact) mass is 353 g/mol. The number of nitrogens with zero attached hydrogens (tertiary/aromatic N) is 5. The van der Waals surface area contributed by atoms with E-state index < -0.39 is 5.82 Å². The number of aliphatic hydroxyl groups excluding tert-OH is 1. The van der Waals surface area contributed by atoms with Crippen molar-refractivity contribution in [3.8, 4) is 0 Å². The van der Waals surface area contributed by atoms with Crippen molar-refractivity contribution >= 4 is 11.8 Å². The Balaban J connectivity index is 1.79. The minimum absolute atomic E-state index is 0.151. The van der Waals surface area contributed by atoms with Crippen LogP contribution in [0.1, 0.15) is 6.42 Å². The summed E-state index contributed by atoms with van der Waals surface area (Å²) in [4.78, 5) is 14.9. The van der Waals surface area contributed by atoms with Gasteiger partial charge < -0.3 is 24.5 Å². The smallest absolute Gasteiger partial charge is 0.227 e. The molecule has 0 radical (unpaired) electrons. The summed E-state index contributed by atoms with van der Waals surface area (Å²) < 4.78 is 19.6. The summed E-state index contributed by atoms with van der Waals surface area (Å²) >= 11 is 0. The van der Waals surface area contributed by atoms with E-state index in [1.54, 1.807) is 0 Å². The van der Waals surface area contributed by atoms with Gasteiger partial charge in [-0.15, -0.1) is 0 Å². The maximum absolute atomic E-state index is 14.2. The van der Waals surface area contributed by atoms with Gasteiger partial charge in [-0.1, -0.05) is 0 Å². The Hall–Kier alpha value is -1.51. The Morgan fingerprint density at radius 2 is 1.96 bits per heavy atom. The van der Waals surface area contributed by atoms with Gasteiger partial charge in [0.1, 0.15) is 0 Å². The summed E-state index contributed by atoms with van der Waals surface area (Å²) in [5, 5.41) is 9.65. The molecule has 8 heteroatoms. The first-order valence-corrected chi connectivity index (χ1v) is 8.92. The van der Waals surface area contributed by atoms with E-state index in [9.17, 15) is 9.50 Å². The SMILES string of the molecule is CN(C)C[C@H]1C[C@H](CO)CN(c2ncc(F)c(N3CCOCC3)n2)C1. The van der Waals surface area contributed by atoms with Crippen LogP contribution in [0.15, 0.2) is 6.20 Å². The van der Waals surface area contributed by atoms with Crippen LogP contribution in [0.2, 0.25) is 0 Å². The predicted molar refractivity (Wildman–Crippen MR) is 94.5 cm³/mol. The summed E-state index contributed by atoms with van der Waals surface area (Å²) in [7, 11) is 4.11. The Morgan fingerprint density at radius 3 is 2.64 bits per heavy atom. The molecule has 7 nitrogen and oxygen atoms in total. The minimum atomic E-state index is -0.397. The average Bonchev–Trinajstić information content (AvgIpc) is 2.62. The highest BCUT2D eigenvalue weighted by molar-refractivity contribution is 5.45. The van der Waals surface area contributed by atoms with Crippen LogP contribution in [0, 0.1) is 17.7 Å². The molecule has 0 spiro atoms. The molecule has 1 N–H and O–H groups in total. The zero-order valence-corrected chi connectivity index (χ0v) is 15.1. The van der Waals surface area contributed by atoms with Gasteiger partial charge in [0.15, 0.2) is 11.6 Å². The van der Waals surface area contributed by atoms with Crippen molar-refractivity contribution in [2.75, 3.05) is 76.4 Å². The van der Waals surface area contributed by atoms with Crippen LogP contribution >= 0.6 is 0 Å². The van der Waals surface area contributed by atoms with E-state index in [-0.39, 0.29) is 12.5 Å². The zero-order valence-electron chi connectivity index (χ0n) is 15.1. The summed E-state index contributed by atoms with van der Waals surface area (Å²) in [6.45, 7) is 5.06. The number of ether oxygens (including phenoxy) is 1. The van der Waals surface area contributed by atoms with Crippen molar-refractivity contribution in [3.05, 3.63) is 12.0 Å². The lowest BCUT2D eigenvalue weighted by molar-refractivity contribution is 0.122. The van der Waals surface area contributed by atoms with Crippen molar-refractivity contribution in [1.29, 1.82) is 0 Å². The third-order valence-corrected chi connectivity index (χ3v) is 4.81. The number of aromatic nitrogens is 2. The molecule has 2 atom stereocenters. The van der Waals surface area contributed by atoms with Gasteiger partial charge in [-0.25, -0.2) is 9.37 Å². The van der Waals surface area contributed by atoms with Crippen LogP contribution in [0.4, 0.5) is 16.2 Å². The first-order valence-electron chi connectivity index (χ1n) is 8.92. The molecule has 3 heterocycles. The van der Waals surface area contributed by atoms with Crippen molar-refractivity contribution in [2.45, 2.75) is 6.42 Å². The van der Waals surface area contributed by atoms with Crippen LogP contribution in [-0.4, -0.2) is 86.6 Å². The number of hydrogen-bond donors (Lipinski definition) is 1. The zero-order chi connectivity index (χ0) is 17.8. The number of piperidine rings is 1. The number of morpholine rings is 1. The van der Waals surface area contributed by atoms with E-state index in [1.807, 2.05) is 4.90 Å². The van der Waals surface area contributed by atoms with Crippen LogP contribution < -0.4 is 9.80 Å². The quantitative estimate of drug-likeness (QED) is 0.824. The molecule has 0 bridgehead atoms. The first kappa shape index (κ1) is 18.3. The summed E-state index contributed by atoms with van der Waals surface area (Å²) in [5.41, 5.74) is 0. The summed E-state index contributed by atoms with van der Waals surface area (Å²) in [6.07, 6.45) is 2.25. The highest BCUT2D eigenvalue weighted by atomic mass is 19.1. The second-order valence-electron chi connectivity index (χ2n) is 7.26. The second-order valence-corrected chi connectivity index (χ2v) is 7.26. The standard InChI is InChI=1S/C17H28FN5O2/c1-21(2)9-13-7-14(12-24)11-23(10-13)17-19-8-15(18)16(20-17)22-3-5-25-6-4-22/h8,13-14,24H,3-7,9-12H2,1-2H3/t13-,14+/m1/s1. The van der Waals surface area contributed by atoms with E-state index >= 15 is 0 Å². The highest BCUT2D eigenvalue weighted by Crippen LogP contribution is 2.27. The Labute approximate surface area is 148 Å². The average molecular weight is 353 g/mol. The predicted octanol–water partition coefficient (Wildman–Crippen LogP) is 0.449. The van der Waals surface area contributed by atoms with Gasteiger partial charge in [-0.05, 0) is 32.4 Å². The normalized spacial score (nSPS) is 24.8. The van der Waals surface area contributed by atoms with Gasteiger partial charge in [0, 0.05) is 39.3 Å². The Kier molecular flexibility index (Phi) is 6.03. The van der Waals surface area contributed by atoms with Crippen LogP contribution in [0.5, 0.6) is 0 Å². The molecule has 0 saturated carbocycles.